The topological polar surface area (TPSA) is 3.88 Å². The average Bonchev–Trinajstić information content (AvgIpc) is 2.30. The number of pyridine rings is 1. The SMILES string of the molecule is CCCCCCC(C(C)C)[n+]1ccccc1. The fourth-order valence-corrected chi connectivity index (χ4v) is 2.24. The predicted octanol–water partition coefficient (Wildman–Crippen LogP) is 4.14. The monoisotopic (exact) mass is 220 g/mol. The third kappa shape index (κ3) is 4.34. The number of hydrogen-bond acceptors (Lipinski definition) is 0. The quantitative estimate of drug-likeness (QED) is 0.480. The van der Waals surface area contributed by atoms with Gasteiger partial charge in [0.05, 0.1) is 0 Å². The summed E-state index contributed by atoms with van der Waals surface area (Å²) in [6, 6.07) is 7.01. The Morgan fingerprint density at radius 3 is 2.19 bits per heavy atom. The minimum atomic E-state index is 0.665. The molecule has 0 fully saturated rings. The molecule has 1 heteroatoms. The van der Waals surface area contributed by atoms with E-state index in [1.165, 1.54) is 32.1 Å². The second kappa shape index (κ2) is 7.43. The van der Waals surface area contributed by atoms with Crippen molar-refractivity contribution in [1.82, 2.24) is 0 Å². The first-order valence-corrected chi connectivity index (χ1v) is 6.71. The van der Waals surface area contributed by atoms with Crippen LogP contribution in [0.1, 0.15) is 58.9 Å². The summed E-state index contributed by atoms with van der Waals surface area (Å²) in [6.45, 7) is 6.92. The van der Waals surface area contributed by atoms with Gasteiger partial charge in [-0.1, -0.05) is 46.1 Å². The Labute approximate surface area is 101 Å². The smallest absolute Gasteiger partial charge is 0.169 e. The molecular weight excluding hydrogens is 194 g/mol. The van der Waals surface area contributed by atoms with E-state index in [1.807, 2.05) is 0 Å². The van der Waals surface area contributed by atoms with Crippen LogP contribution in [0.3, 0.4) is 0 Å². The molecule has 0 aliphatic rings. The van der Waals surface area contributed by atoms with Crippen LogP contribution >= 0.6 is 0 Å². The van der Waals surface area contributed by atoms with Gasteiger partial charge in [0.2, 0.25) is 0 Å². The minimum absolute atomic E-state index is 0.665. The average molecular weight is 220 g/mol. The predicted molar refractivity (Wildman–Crippen MR) is 69.3 cm³/mol. The lowest BCUT2D eigenvalue weighted by molar-refractivity contribution is -0.730. The van der Waals surface area contributed by atoms with Gasteiger partial charge in [-0.2, -0.15) is 0 Å². The molecule has 0 saturated carbocycles. The molecule has 1 unspecified atom stereocenters. The van der Waals surface area contributed by atoms with Crippen LogP contribution in [0.2, 0.25) is 0 Å². The van der Waals surface area contributed by atoms with E-state index in [9.17, 15) is 0 Å². The van der Waals surface area contributed by atoms with E-state index < -0.39 is 0 Å². The maximum atomic E-state index is 2.37. The van der Waals surface area contributed by atoms with Gasteiger partial charge in [-0.25, -0.2) is 4.57 Å². The molecule has 0 aliphatic heterocycles. The van der Waals surface area contributed by atoms with Crippen molar-refractivity contribution in [3.05, 3.63) is 30.6 Å². The van der Waals surface area contributed by atoms with Crippen LogP contribution in [0.15, 0.2) is 30.6 Å². The van der Waals surface area contributed by atoms with Crippen molar-refractivity contribution >= 4 is 0 Å². The number of hydrogen-bond donors (Lipinski definition) is 0. The number of unbranched alkanes of at least 4 members (excludes halogenated alkanes) is 3. The van der Waals surface area contributed by atoms with Crippen molar-refractivity contribution in [3.63, 3.8) is 0 Å². The van der Waals surface area contributed by atoms with Gasteiger partial charge in [0.15, 0.2) is 18.4 Å². The molecule has 0 saturated heterocycles. The number of nitrogens with zero attached hydrogens (tertiary/aromatic N) is 1. The first-order chi connectivity index (χ1) is 7.75. The summed E-state index contributed by atoms with van der Waals surface area (Å²) in [6.07, 6.45) is 11.2. The van der Waals surface area contributed by atoms with Crippen molar-refractivity contribution in [1.29, 1.82) is 0 Å². The Kier molecular flexibility index (Phi) is 6.14. The van der Waals surface area contributed by atoms with Crippen molar-refractivity contribution in [2.45, 2.75) is 58.9 Å². The van der Waals surface area contributed by atoms with Crippen molar-refractivity contribution in [2.24, 2.45) is 5.92 Å². The molecule has 0 bridgehead atoms. The van der Waals surface area contributed by atoms with E-state index in [1.54, 1.807) is 0 Å². The Balaban J connectivity index is 2.49. The van der Waals surface area contributed by atoms with Gasteiger partial charge in [-0.05, 0) is 6.42 Å². The normalized spacial score (nSPS) is 13.0. The van der Waals surface area contributed by atoms with Gasteiger partial charge in [-0.15, -0.1) is 0 Å². The number of rotatable bonds is 7. The molecule has 0 N–H and O–H groups in total. The van der Waals surface area contributed by atoms with Gasteiger partial charge in [0.1, 0.15) is 0 Å². The Bertz CT molecular complexity index is 266. The molecule has 1 aromatic rings. The van der Waals surface area contributed by atoms with E-state index in [0.717, 1.165) is 0 Å². The van der Waals surface area contributed by atoms with Crippen LogP contribution in [0, 0.1) is 5.92 Å². The molecule has 0 amide bonds. The van der Waals surface area contributed by atoms with Gasteiger partial charge in [0, 0.05) is 24.5 Å². The Hall–Kier alpha value is -0.850. The summed E-state index contributed by atoms with van der Waals surface area (Å²) in [7, 11) is 0. The second-order valence-electron chi connectivity index (χ2n) is 4.98. The minimum Gasteiger partial charge on any atom is -0.202 e. The van der Waals surface area contributed by atoms with Crippen LogP contribution in [0.5, 0.6) is 0 Å². The lowest BCUT2D eigenvalue weighted by Crippen LogP contribution is -2.41. The van der Waals surface area contributed by atoms with Gasteiger partial charge in [-0.3, -0.25) is 0 Å². The van der Waals surface area contributed by atoms with Gasteiger partial charge < -0.3 is 0 Å². The van der Waals surface area contributed by atoms with Crippen molar-refractivity contribution < 1.29 is 4.57 Å². The van der Waals surface area contributed by atoms with Crippen LogP contribution < -0.4 is 4.57 Å². The zero-order valence-electron chi connectivity index (χ0n) is 11.0. The van der Waals surface area contributed by atoms with Crippen molar-refractivity contribution in [3.8, 4) is 0 Å². The van der Waals surface area contributed by atoms with E-state index >= 15 is 0 Å². The highest BCUT2D eigenvalue weighted by molar-refractivity contribution is 4.84. The van der Waals surface area contributed by atoms with Crippen LogP contribution in [0.4, 0.5) is 0 Å². The Morgan fingerprint density at radius 1 is 0.938 bits per heavy atom. The molecule has 1 nitrogen and oxygen atoms in total. The molecule has 0 aromatic carbocycles. The first kappa shape index (κ1) is 13.2. The summed E-state index contributed by atoms with van der Waals surface area (Å²) in [5.74, 6) is 0.717. The van der Waals surface area contributed by atoms with E-state index in [2.05, 4.69) is 55.9 Å². The van der Waals surface area contributed by atoms with Crippen molar-refractivity contribution in [2.75, 3.05) is 0 Å². The van der Waals surface area contributed by atoms with Gasteiger partial charge in [0.25, 0.3) is 0 Å². The third-order valence-electron chi connectivity index (χ3n) is 3.24. The number of aromatic nitrogens is 1. The van der Waals surface area contributed by atoms with E-state index in [0.29, 0.717) is 12.0 Å². The maximum absolute atomic E-state index is 2.37. The lowest BCUT2D eigenvalue weighted by atomic mass is 9.97. The summed E-state index contributed by atoms with van der Waals surface area (Å²) < 4.78 is 2.37. The lowest BCUT2D eigenvalue weighted by Gasteiger charge is -2.15. The molecule has 0 radical (unpaired) electrons. The molecule has 1 rings (SSSR count). The highest BCUT2D eigenvalue weighted by Gasteiger charge is 2.21. The molecule has 1 atom stereocenters. The standard InChI is InChI=1S/C15H26N/c1-4-5-6-8-11-15(14(2)3)16-12-9-7-10-13-16/h7,9-10,12-15H,4-6,8,11H2,1-3H3/q+1. The molecule has 1 aromatic heterocycles. The zero-order chi connectivity index (χ0) is 11.8. The second-order valence-corrected chi connectivity index (χ2v) is 4.98. The van der Waals surface area contributed by atoms with Crippen LogP contribution in [0.25, 0.3) is 0 Å². The largest absolute Gasteiger partial charge is 0.202 e. The molecule has 1 heterocycles. The third-order valence-corrected chi connectivity index (χ3v) is 3.24. The van der Waals surface area contributed by atoms with E-state index in [-0.39, 0.29) is 0 Å². The zero-order valence-corrected chi connectivity index (χ0v) is 11.0. The summed E-state index contributed by atoms with van der Waals surface area (Å²) in [4.78, 5) is 0. The van der Waals surface area contributed by atoms with E-state index in [4.69, 9.17) is 0 Å². The van der Waals surface area contributed by atoms with Crippen LogP contribution in [-0.4, -0.2) is 0 Å². The molecule has 0 aliphatic carbocycles. The highest BCUT2D eigenvalue weighted by atomic mass is 15.0. The fourth-order valence-electron chi connectivity index (χ4n) is 2.24. The molecule has 0 spiro atoms. The summed E-state index contributed by atoms with van der Waals surface area (Å²) in [5.41, 5.74) is 0. The maximum Gasteiger partial charge on any atom is 0.169 e. The summed E-state index contributed by atoms with van der Waals surface area (Å²) >= 11 is 0. The molecule has 16 heavy (non-hydrogen) atoms. The molecular formula is C15H26N+. The Morgan fingerprint density at radius 2 is 1.62 bits per heavy atom. The van der Waals surface area contributed by atoms with Gasteiger partial charge >= 0.3 is 0 Å². The fraction of sp³-hybridized carbons (Fsp3) is 0.667. The van der Waals surface area contributed by atoms with Crippen LogP contribution in [-0.2, 0) is 0 Å². The first-order valence-electron chi connectivity index (χ1n) is 6.71. The summed E-state index contributed by atoms with van der Waals surface area (Å²) in [5, 5.41) is 0. The highest BCUT2D eigenvalue weighted by Crippen LogP contribution is 2.18. The molecule has 90 valence electrons.